The Balaban J connectivity index is 2.23. The second-order valence-electron chi connectivity index (χ2n) is 6.77. The maximum Gasteiger partial charge on any atom is 0.0616 e. The van der Waals surface area contributed by atoms with Gasteiger partial charge in [-0.1, -0.05) is 27.2 Å². The lowest BCUT2D eigenvalue weighted by Gasteiger charge is -2.35. The van der Waals surface area contributed by atoms with E-state index in [1.54, 1.807) is 0 Å². The average molecular weight is 285 g/mol. The van der Waals surface area contributed by atoms with E-state index in [9.17, 15) is 5.11 Å². The van der Waals surface area contributed by atoms with Crippen LogP contribution in [0.3, 0.4) is 0 Å². The van der Waals surface area contributed by atoms with Crippen LogP contribution >= 0.6 is 0 Å². The van der Waals surface area contributed by atoms with Gasteiger partial charge in [0.25, 0.3) is 0 Å². The Morgan fingerprint density at radius 2 is 2.15 bits per heavy atom. The molecule has 2 unspecified atom stereocenters. The smallest absolute Gasteiger partial charge is 0.0616 e. The van der Waals surface area contributed by atoms with E-state index in [1.165, 1.54) is 25.7 Å². The van der Waals surface area contributed by atoms with E-state index in [0.29, 0.717) is 5.92 Å². The van der Waals surface area contributed by atoms with Crippen LogP contribution in [0.15, 0.2) is 0 Å². The fraction of sp³-hybridized carbons (Fsp3) is 1.00. The van der Waals surface area contributed by atoms with E-state index in [4.69, 9.17) is 4.74 Å². The second kappa shape index (κ2) is 9.75. The van der Waals surface area contributed by atoms with Gasteiger partial charge in [-0.2, -0.15) is 0 Å². The zero-order valence-corrected chi connectivity index (χ0v) is 13.8. The van der Waals surface area contributed by atoms with Gasteiger partial charge in [-0.05, 0) is 56.9 Å². The minimum Gasteiger partial charge on any atom is -0.394 e. The highest BCUT2D eigenvalue weighted by Crippen LogP contribution is 2.37. The molecule has 120 valence electrons. The van der Waals surface area contributed by atoms with Crippen LogP contribution in [0.4, 0.5) is 0 Å². The molecular weight excluding hydrogens is 250 g/mol. The molecular formula is C17H35NO2. The van der Waals surface area contributed by atoms with Crippen molar-refractivity contribution >= 4 is 0 Å². The number of nitrogens with one attached hydrogen (secondary N) is 1. The third-order valence-electron chi connectivity index (χ3n) is 4.65. The molecule has 2 N–H and O–H groups in total. The Kier molecular flexibility index (Phi) is 8.74. The molecule has 0 radical (unpaired) electrons. The summed E-state index contributed by atoms with van der Waals surface area (Å²) >= 11 is 0. The molecule has 1 saturated carbocycles. The van der Waals surface area contributed by atoms with Crippen LogP contribution in [-0.4, -0.2) is 37.0 Å². The predicted molar refractivity (Wildman–Crippen MR) is 85.0 cm³/mol. The van der Waals surface area contributed by atoms with Gasteiger partial charge >= 0.3 is 0 Å². The summed E-state index contributed by atoms with van der Waals surface area (Å²) in [6.45, 7) is 9.70. The maximum absolute atomic E-state index is 9.81. The van der Waals surface area contributed by atoms with E-state index >= 15 is 0 Å². The largest absolute Gasteiger partial charge is 0.394 e. The monoisotopic (exact) mass is 285 g/mol. The first-order chi connectivity index (χ1) is 9.64. The number of ether oxygens (including phenoxy) is 1. The topological polar surface area (TPSA) is 41.5 Å². The second-order valence-corrected chi connectivity index (χ2v) is 6.77. The molecule has 3 nitrogen and oxygen atoms in total. The van der Waals surface area contributed by atoms with Gasteiger partial charge in [-0.15, -0.1) is 0 Å². The van der Waals surface area contributed by atoms with Gasteiger partial charge in [-0.3, -0.25) is 0 Å². The molecule has 0 aromatic heterocycles. The van der Waals surface area contributed by atoms with Crippen molar-refractivity contribution in [1.82, 2.24) is 5.32 Å². The van der Waals surface area contributed by atoms with E-state index in [1.807, 2.05) is 0 Å². The lowest BCUT2D eigenvalue weighted by Crippen LogP contribution is -2.51. The third kappa shape index (κ3) is 5.71. The molecule has 0 bridgehead atoms. The van der Waals surface area contributed by atoms with E-state index in [-0.39, 0.29) is 12.1 Å². The average Bonchev–Trinajstić information content (AvgIpc) is 2.83. The van der Waals surface area contributed by atoms with E-state index in [2.05, 4.69) is 26.1 Å². The minimum absolute atomic E-state index is 0.0305. The normalized spacial score (nSPS) is 26.6. The van der Waals surface area contributed by atoms with Crippen LogP contribution in [-0.2, 0) is 4.74 Å². The summed E-state index contributed by atoms with van der Waals surface area (Å²) in [5.41, 5.74) is -0.0305. The van der Waals surface area contributed by atoms with Crippen molar-refractivity contribution < 1.29 is 9.84 Å². The van der Waals surface area contributed by atoms with Crippen LogP contribution in [0.25, 0.3) is 0 Å². The molecule has 2 atom stereocenters. The quantitative estimate of drug-likeness (QED) is 0.572. The van der Waals surface area contributed by atoms with Crippen LogP contribution in [0, 0.1) is 11.8 Å². The number of hydrogen-bond donors (Lipinski definition) is 2. The molecule has 0 amide bonds. The number of hydrogen-bond acceptors (Lipinski definition) is 3. The Morgan fingerprint density at radius 1 is 1.35 bits per heavy atom. The minimum atomic E-state index is -0.0305. The molecule has 0 aromatic rings. The van der Waals surface area contributed by atoms with Crippen LogP contribution < -0.4 is 5.32 Å². The highest BCUT2D eigenvalue weighted by molar-refractivity contribution is 4.98. The summed E-state index contributed by atoms with van der Waals surface area (Å²) in [5.74, 6) is 1.35. The van der Waals surface area contributed by atoms with Crippen molar-refractivity contribution in [3.05, 3.63) is 0 Å². The maximum atomic E-state index is 9.81. The Morgan fingerprint density at radius 3 is 2.80 bits per heavy atom. The first-order valence-electron chi connectivity index (χ1n) is 8.58. The van der Waals surface area contributed by atoms with Crippen LogP contribution in [0.5, 0.6) is 0 Å². The lowest BCUT2D eigenvalue weighted by atomic mass is 9.85. The molecule has 3 heteroatoms. The van der Waals surface area contributed by atoms with E-state index < -0.39 is 0 Å². The summed E-state index contributed by atoms with van der Waals surface area (Å²) in [6.07, 6.45) is 8.20. The summed E-state index contributed by atoms with van der Waals surface area (Å²) in [4.78, 5) is 0. The van der Waals surface area contributed by atoms with Gasteiger partial charge in [0, 0.05) is 18.8 Å². The molecule has 1 aliphatic rings. The van der Waals surface area contributed by atoms with Crippen molar-refractivity contribution in [3.8, 4) is 0 Å². The summed E-state index contributed by atoms with van der Waals surface area (Å²) in [7, 11) is 0. The molecule has 0 aromatic carbocycles. The molecule has 0 heterocycles. The molecule has 0 saturated heterocycles. The molecule has 0 aliphatic heterocycles. The number of aliphatic hydroxyl groups excluding tert-OH is 1. The zero-order chi connectivity index (χ0) is 14.8. The van der Waals surface area contributed by atoms with Gasteiger partial charge in [-0.25, -0.2) is 0 Å². The zero-order valence-electron chi connectivity index (χ0n) is 13.8. The molecule has 0 spiro atoms. The Hall–Kier alpha value is -0.120. The first-order valence-corrected chi connectivity index (χ1v) is 8.58. The molecule has 1 rings (SSSR count). The van der Waals surface area contributed by atoms with Crippen molar-refractivity contribution in [2.45, 2.75) is 71.3 Å². The fourth-order valence-corrected chi connectivity index (χ4v) is 3.36. The Labute approximate surface area is 125 Å². The van der Waals surface area contributed by atoms with Crippen molar-refractivity contribution in [2.75, 3.05) is 26.4 Å². The van der Waals surface area contributed by atoms with Gasteiger partial charge < -0.3 is 15.2 Å². The highest BCUT2D eigenvalue weighted by Gasteiger charge is 2.41. The van der Waals surface area contributed by atoms with Gasteiger partial charge in [0.1, 0.15) is 0 Å². The number of rotatable bonds is 11. The summed E-state index contributed by atoms with van der Waals surface area (Å²) in [5, 5.41) is 13.4. The molecule has 1 fully saturated rings. The first kappa shape index (κ1) is 17.9. The SMILES string of the molecule is CCCNC1(CO)CCCC1CCOCCCC(C)C. The summed E-state index contributed by atoms with van der Waals surface area (Å²) < 4.78 is 5.78. The standard InChI is InChI=1S/C17H35NO2/c1-4-11-18-17(14-19)10-5-8-16(17)9-13-20-12-6-7-15(2)3/h15-16,18-19H,4-14H2,1-3H3. The van der Waals surface area contributed by atoms with Crippen LogP contribution in [0.2, 0.25) is 0 Å². The lowest BCUT2D eigenvalue weighted by molar-refractivity contribution is 0.0767. The van der Waals surface area contributed by atoms with Crippen molar-refractivity contribution in [1.29, 1.82) is 0 Å². The van der Waals surface area contributed by atoms with Gasteiger partial charge in [0.15, 0.2) is 0 Å². The number of aliphatic hydroxyl groups is 1. The Bertz CT molecular complexity index is 245. The fourth-order valence-electron chi connectivity index (χ4n) is 3.36. The van der Waals surface area contributed by atoms with Gasteiger partial charge in [0.2, 0.25) is 0 Å². The molecule has 1 aliphatic carbocycles. The molecule has 20 heavy (non-hydrogen) atoms. The van der Waals surface area contributed by atoms with E-state index in [0.717, 1.165) is 44.9 Å². The third-order valence-corrected chi connectivity index (χ3v) is 4.65. The van der Waals surface area contributed by atoms with Gasteiger partial charge in [0.05, 0.1) is 6.61 Å². The highest BCUT2D eigenvalue weighted by atomic mass is 16.5. The predicted octanol–water partition coefficient (Wildman–Crippen LogP) is 3.36. The van der Waals surface area contributed by atoms with Crippen LogP contribution in [0.1, 0.15) is 65.7 Å². The summed E-state index contributed by atoms with van der Waals surface area (Å²) in [6, 6.07) is 0. The van der Waals surface area contributed by atoms with Crippen molar-refractivity contribution in [3.63, 3.8) is 0 Å². The van der Waals surface area contributed by atoms with Crippen molar-refractivity contribution in [2.24, 2.45) is 11.8 Å².